The minimum atomic E-state index is 0.300. The van der Waals surface area contributed by atoms with Gasteiger partial charge in [-0.2, -0.15) is 0 Å². The molecule has 0 aromatic heterocycles. The van der Waals surface area contributed by atoms with Gasteiger partial charge in [-0.25, -0.2) is 0 Å². The van der Waals surface area contributed by atoms with Gasteiger partial charge in [0.25, 0.3) is 0 Å². The Bertz CT molecular complexity index is 313. The molecule has 1 heterocycles. The molecule has 0 aromatic rings. The quantitative estimate of drug-likeness (QED) is 0.833. The SMILES string of the molecule is CN1CC(NC2CCC(C(C)(C)C)CC2)CCC1=O. The summed E-state index contributed by atoms with van der Waals surface area (Å²) >= 11 is 0. The monoisotopic (exact) mass is 266 g/mol. The summed E-state index contributed by atoms with van der Waals surface area (Å²) in [5, 5.41) is 3.79. The molecule has 1 N–H and O–H groups in total. The number of rotatable bonds is 2. The summed E-state index contributed by atoms with van der Waals surface area (Å²) in [5.41, 5.74) is 0.461. The molecule has 1 saturated heterocycles. The van der Waals surface area contributed by atoms with E-state index >= 15 is 0 Å². The second-order valence-corrected chi connectivity index (χ2v) is 7.59. The molecule has 3 heteroatoms. The van der Waals surface area contributed by atoms with Crippen molar-refractivity contribution in [3.8, 4) is 0 Å². The van der Waals surface area contributed by atoms with E-state index in [2.05, 4.69) is 26.1 Å². The summed E-state index contributed by atoms with van der Waals surface area (Å²) in [6.07, 6.45) is 7.03. The number of nitrogens with zero attached hydrogens (tertiary/aromatic N) is 1. The van der Waals surface area contributed by atoms with Crippen molar-refractivity contribution < 1.29 is 4.79 Å². The Hall–Kier alpha value is -0.570. The van der Waals surface area contributed by atoms with Gasteiger partial charge < -0.3 is 10.2 Å². The number of amides is 1. The van der Waals surface area contributed by atoms with Crippen LogP contribution in [0.25, 0.3) is 0 Å². The Kier molecular flexibility index (Phi) is 4.54. The summed E-state index contributed by atoms with van der Waals surface area (Å²) in [6, 6.07) is 1.18. The van der Waals surface area contributed by atoms with Gasteiger partial charge in [0.05, 0.1) is 0 Å². The number of carbonyl (C=O) groups excluding carboxylic acids is 1. The molecule has 1 amide bonds. The summed E-state index contributed by atoms with van der Waals surface area (Å²) in [5.74, 6) is 1.18. The van der Waals surface area contributed by atoms with E-state index in [1.807, 2.05) is 11.9 Å². The first-order valence-electron chi connectivity index (χ1n) is 7.86. The van der Waals surface area contributed by atoms with Crippen molar-refractivity contribution in [2.75, 3.05) is 13.6 Å². The van der Waals surface area contributed by atoms with Gasteiger partial charge in [0.1, 0.15) is 0 Å². The molecule has 3 nitrogen and oxygen atoms in total. The summed E-state index contributed by atoms with van der Waals surface area (Å²) in [6.45, 7) is 7.99. The molecule has 2 fully saturated rings. The average molecular weight is 266 g/mol. The molecule has 2 rings (SSSR count). The maximum atomic E-state index is 11.5. The van der Waals surface area contributed by atoms with E-state index in [9.17, 15) is 4.79 Å². The second-order valence-electron chi connectivity index (χ2n) is 7.59. The van der Waals surface area contributed by atoms with Gasteiger partial charge in [0, 0.05) is 32.1 Å². The lowest BCUT2D eigenvalue weighted by atomic mass is 9.71. The first kappa shape index (κ1) is 14.8. The molecule has 0 radical (unpaired) electrons. The zero-order valence-corrected chi connectivity index (χ0v) is 13.0. The standard InChI is InChI=1S/C16H30N2O/c1-16(2,3)12-5-7-13(8-6-12)17-14-9-10-15(19)18(4)11-14/h12-14,17H,5-11H2,1-4H3. The average Bonchev–Trinajstić information content (AvgIpc) is 2.33. The highest BCUT2D eigenvalue weighted by Crippen LogP contribution is 2.37. The Morgan fingerprint density at radius 2 is 1.68 bits per heavy atom. The van der Waals surface area contributed by atoms with E-state index in [1.165, 1.54) is 25.7 Å². The van der Waals surface area contributed by atoms with Crippen LogP contribution in [0.4, 0.5) is 0 Å². The van der Waals surface area contributed by atoms with E-state index in [0.717, 1.165) is 18.9 Å². The van der Waals surface area contributed by atoms with Gasteiger partial charge in [-0.15, -0.1) is 0 Å². The molecule has 0 spiro atoms. The Labute approximate surface area is 118 Å². The number of likely N-dealkylation sites (N-methyl/N-ethyl adjacent to an activating group) is 1. The number of likely N-dealkylation sites (tertiary alicyclic amines) is 1. The van der Waals surface area contributed by atoms with Crippen molar-refractivity contribution in [1.82, 2.24) is 10.2 Å². The number of carbonyl (C=O) groups is 1. The predicted molar refractivity (Wildman–Crippen MR) is 79.0 cm³/mol. The summed E-state index contributed by atoms with van der Waals surface area (Å²) in [7, 11) is 1.92. The molecule has 0 bridgehead atoms. The largest absolute Gasteiger partial charge is 0.344 e. The molecule has 1 saturated carbocycles. The van der Waals surface area contributed by atoms with Crippen LogP contribution < -0.4 is 5.32 Å². The lowest BCUT2D eigenvalue weighted by Gasteiger charge is -2.39. The van der Waals surface area contributed by atoms with Crippen LogP contribution in [0, 0.1) is 11.3 Å². The number of hydrogen-bond acceptors (Lipinski definition) is 2. The van der Waals surface area contributed by atoms with E-state index in [-0.39, 0.29) is 0 Å². The van der Waals surface area contributed by atoms with E-state index < -0.39 is 0 Å². The van der Waals surface area contributed by atoms with Crippen LogP contribution in [0.3, 0.4) is 0 Å². The fraction of sp³-hybridized carbons (Fsp3) is 0.938. The molecule has 110 valence electrons. The Balaban J connectivity index is 1.75. The summed E-state index contributed by atoms with van der Waals surface area (Å²) < 4.78 is 0. The molecule has 1 atom stereocenters. The molecular weight excluding hydrogens is 236 g/mol. The second kappa shape index (κ2) is 5.82. The van der Waals surface area contributed by atoms with Crippen molar-refractivity contribution in [3.05, 3.63) is 0 Å². The van der Waals surface area contributed by atoms with Crippen LogP contribution in [0.1, 0.15) is 59.3 Å². The van der Waals surface area contributed by atoms with Crippen LogP contribution in [0.2, 0.25) is 0 Å². The lowest BCUT2D eigenvalue weighted by molar-refractivity contribution is -0.132. The maximum absolute atomic E-state index is 11.5. The smallest absolute Gasteiger partial charge is 0.222 e. The van der Waals surface area contributed by atoms with Crippen LogP contribution in [0.5, 0.6) is 0 Å². The van der Waals surface area contributed by atoms with E-state index in [0.29, 0.717) is 29.8 Å². The van der Waals surface area contributed by atoms with Gasteiger partial charge in [-0.3, -0.25) is 4.79 Å². The first-order chi connectivity index (χ1) is 8.86. The van der Waals surface area contributed by atoms with Crippen molar-refractivity contribution in [3.63, 3.8) is 0 Å². The third-order valence-corrected chi connectivity index (χ3v) is 5.05. The van der Waals surface area contributed by atoms with Gasteiger partial charge in [-0.05, 0) is 43.4 Å². The molecule has 19 heavy (non-hydrogen) atoms. The minimum absolute atomic E-state index is 0.300. The molecule has 1 unspecified atom stereocenters. The Morgan fingerprint density at radius 1 is 1.05 bits per heavy atom. The zero-order valence-electron chi connectivity index (χ0n) is 13.0. The molecule has 1 aliphatic carbocycles. The van der Waals surface area contributed by atoms with Crippen molar-refractivity contribution in [1.29, 1.82) is 0 Å². The van der Waals surface area contributed by atoms with Crippen LogP contribution in [-0.4, -0.2) is 36.5 Å². The first-order valence-corrected chi connectivity index (χ1v) is 7.86. The highest BCUT2D eigenvalue weighted by Gasteiger charge is 2.31. The van der Waals surface area contributed by atoms with Crippen molar-refractivity contribution in [2.24, 2.45) is 11.3 Å². The predicted octanol–water partition coefficient (Wildman–Crippen LogP) is 2.80. The molecular formula is C16H30N2O. The van der Waals surface area contributed by atoms with Crippen molar-refractivity contribution in [2.45, 2.75) is 71.4 Å². The number of nitrogens with one attached hydrogen (secondary N) is 1. The minimum Gasteiger partial charge on any atom is -0.344 e. The normalized spacial score (nSPS) is 33.6. The lowest BCUT2D eigenvalue weighted by Crippen LogP contribution is -2.50. The van der Waals surface area contributed by atoms with Crippen LogP contribution >= 0.6 is 0 Å². The fourth-order valence-electron chi connectivity index (χ4n) is 3.61. The Morgan fingerprint density at radius 3 is 2.21 bits per heavy atom. The molecule has 0 aromatic carbocycles. The van der Waals surface area contributed by atoms with Gasteiger partial charge >= 0.3 is 0 Å². The maximum Gasteiger partial charge on any atom is 0.222 e. The van der Waals surface area contributed by atoms with Gasteiger partial charge in [0.2, 0.25) is 5.91 Å². The zero-order chi connectivity index (χ0) is 14.0. The summed E-state index contributed by atoms with van der Waals surface area (Å²) in [4.78, 5) is 13.4. The topological polar surface area (TPSA) is 32.3 Å². The highest BCUT2D eigenvalue weighted by molar-refractivity contribution is 5.76. The van der Waals surface area contributed by atoms with Gasteiger partial charge in [-0.1, -0.05) is 20.8 Å². The third-order valence-electron chi connectivity index (χ3n) is 5.05. The van der Waals surface area contributed by atoms with Crippen molar-refractivity contribution >= 4 is 5.91 Å². The molecule has 1 aliphatic heterocycles. The van der Waals surface area contributed by atoms with Crippen LogP contribution in [-0.2, 0) is 4.79 Å². The highest BCUT2D eigenvalue weighted by atomic mass is 16.2. The van der Waals surface area contributed by atoms with E-state index in [1.54, 1.807) is 0 Å². The van der Waals surface area contributed by atoms with Gasteiger partial charge in [0.15, 0.2) is 0 Å². The number of hydrogen-bond donors (Lipinski definition) is 1. The number of piperidine rings is 1. The third kappa shape index (κ3) is 3.95. The van der Waals surface area contributed by atoms with E-state index in [4.69, 9.17) is 0 Å². The van der Waals surface area contributed by atoms with Crippen LogP contribution in [0.15, 0.2) is 0 Å². The molecule has 2 aliphatic rings. The fourth-order valence-corrected chi connectivity index (χ4v) is 3.61.